The van der Waals surface area contributed by atoms with Crippen molar-refractivity contribution in [3.05, 3.63) is 29.3 Å². The first-order chi connectivity index (χ1) is 7.27. The first-order valence-corrected chi connectivity index (χ1v) is 5.01. The van der Waals surface area contributed by atoms with Crippen molar-refractivity contribution in [1.29, 1.82) is 5.26 Å². The fraction of sp³-hybridized carbons (Fsp3) is 0.417. The van der Waals surface area contributed by atoms with Crippen LogP contribution < -0.4 is 5.32 Å². The molecule has 0 aliphatic carbocycles. The quantitative estimate of drug-likeness (QED) is 0.748. The molecule has 1 N–H and O–H groups in total. The van der Waals surface area contributed by atoms with E-state index in [1.807, 2.05) is 25.1 Å². The Labute approximate surface area is 90.7 Å². The molecule has 0 aromatic heterocycles. The maximum absolute atomic E-state index is 8.76. The first kappa shape index (κ1) is 11.5. The van der Waals surface area contributed by atoms with Crippen LogP contribution in [0.15, 0.2) is 18.2 Å². The number of benzene rings is 1. The van der Waals surface area contributed by atoms with Gasteiger partial charge in [0, 0.05) is 25.9 Å². The van der Waals surface area contributed by atoms with Gasteiger partial charge >= 0.3 is 0 Å². The predicted octanol–water partition coefficient (Wildman–Crippen LogP) is 2.32. The summed E-state index contributed by atoms with van der Waals surface area (Å²) >= 11 is 0. The summed E-state index contributed by atoms with van der Waals surface area (Å²) in [6.07, 6.45) is 0.965. The lowest BCUT2D eigenvalue weighted by Crippen LogP contribution is -2.05. The lowest BCUT2D eigenvalue weighted by Gasteiger charge is -2.09. The normalized spacial score (nSPS) is 9.67. The summed E-state index contributed by atoms with van der Waals surface area (Å²) in [6.45, 7) is 3.65. The Morgan fingerprint density at radius 1 is 1.47 bits per heavy atom. The van der Waals surface area contributed by atoms with E-state index in [1.165, 1.54) is 0 Å². The number of ether oxygens (including phenoxy) is 1. The molecule has 1 aromatic carbocycles. The van der Waals surface area contributed by atoms with Gasteiger partial charge in [-0.3, -0.25) is 0 Å². The van der Waals surface area contributed by atoms with E-state index in [1.54, 1.807) is 7.11 Å². The van der Waals surface area contributed by atoms with E-state index in [-0.39, 0.29) is 0 Å². The molecule has 3 heteroatoms. The Kier molecular flexibility index (Phi) is 4.65. The van der Waals surface area contributed by atoms with Crippen molar-refractivity contribution in [3.8, 4) is 6.07 Å². The first-order valence-electron chi connectivity index (χ1n) is 5.01. The average molecular weight is 204 g/mol. The topological polar surface area (TPSA) is 45.0 Å². The van der Waals surface area contributed by atoms with Crippen LogP contribution in [0, 0.1) is 18.3 Å². The second kappa shape index (κ2) is 6.05. The van der Waals surface area contributed by atoms with Crippen molar-refractivity contribution in [3.63, 3.8) is 0 Å². The number of hydrogen-bond donors (Lipinski definition) is 1. The molecule has 0 fully saturated rings. The molecular weight excluding hydrogens is 188 g/mol. The molecule has 0 radical (unpaired) electrons. The summed E-state index contributed by atoms with van der Waals surface area (Å²) in [7, 11) is 1.70. The third-order valence-electron chi connectivity index (χ3n) is 2.21. The van der Waals surface area contributed by atoms with E-state index in [0.717, 1.165) is 30.8 Å². The third kappa shape index (κ3) is 3.61. The molecule has 1 rings (SSSR count). The lowest BCUT2D eigenvalue weighted by molar-refractivity contribution is 0.198. The van der Waals surface area contributed by atoms with Crippen LogP contribution in [-0.2, 0) is 4.74 Å². The third-order valence-corrected chi connectivity index (χ3v) is 2.21. The van der Waals surface area contributed by atoms with Gasteiger partial charge in [0.15, 0.2) is 0 Å². The Bertz CT molecular complexity index is 355. The van der Waals surface area contributed by atoms with Gasteiger partial charge < -0.3 is 10.1 Å². The van der Waals surface area contributed by atoms with Crippen molar-refractivity contribution in [1.82, 2.24) is 0 Å². The van der Waals surface area contributed by atoms with E-state index in [9.17, 15) is 0 Å². The van der Waals surface area contributed by atoms with E-state index < -0.39 is 0 Å². The molecule has 3 nitrogen and oxygen atoms in total. The standard InChI is InChI=1S/C12H16N2O/c1-10-4-5-11(9-13)8-12(10)14-6-3-7-15-2/h4-5,8,14H,3,6-7H2,1-2H3. The minimum atomic E-state index is 0.690. The number of nitrogens with one attached hydrogen (secondary N) is 1. The zero-order chi connectivity index (χ0) is 11.1. The van der Waals surface area contributed by atoms with E-state index in [4.69, 9.17) is 10.00 Å². The second-order valence-electron chi connectivity index (χ2n) is 3.41. The van der Waals surface area contributed by atoms with Crippen LogP contribution in [0.3, 0.4) is 0 Å². The zero-order valence-corrected chi connectivity index (χ0v) is 9.21. The molecule has 1 aromatic rings. The Morgan fingerprint density at radius 3 is 2.93 bits per heavy atom. The average Bonchev–Trinajstić information content (AvgIpc) is 2.26. The fourth-order valence-corrected chi connectivity index (χ4v) is 1.32. The highest BCUT2D eigenvalue weighted by Gasteiger charge is 1.98. The van der Waals surface area contributed by atoms with E-state index >= 15 is 0 Å². The van der Waals surface area contributed by atoms with Gasteiger partial charge in [-0.05, 0) is 31.0 Å². The Morgan fingerprint density at radius 2 is 2.27 bits per heavy atom. The van der Waals surface area contributed by atoms with Crippen LogP contribution in [0.4, 0.5) is 5.69 Å². The van der Waals surface area contributed by atoms with Gasteiger partial charge in [-0.1, -0.05) is 6.07 Å². The maximum Gasteiger partial charge on any atom is 0.0992 e. The SMILES string of the molecule is COCCCNc1cc(C#N)ccc1C. The number of aryl methyl sites for hydroxylation is 1. The highest BCUT2D eigenvalue weighted by molar-refractivity contribution is 5.55. The second-order valence-corrected chi connectivity index (χ2v) is 3.41. The number of rotatable bonds is 5. The summed E-state index contributed by atoms with van der Waals surface area (Å²) in [5.41, 5.74) is 2.88. The van der Waals surface area contributed by atoms with Crippen LogP contribution in [0.5, 0.6) is 0 Å². The Balaban J connectivity index is 2.56. The monoisotopic (exact) mass is 204 g/mol. The minimum Gasteiger partial charge on any atom is -0.385 e. The van der Waals surface area contributed by atoms with Crippen molar-refractivity contribution in [2.45, 2.75) is 13.3 Å². The summed E-state index contributed by atoms with van der Waals surface area (Å²) in [4.78, 5) is 0. The lowest BCUT2D eigenvalue weighted by atomic mass is 10.1. The van der Waals surface area contributed by atoms with Crippen molar-refractivity contribution < 1.29 is 4.74 Å². The van der Waals surface area contributed by atoms with Crippen molar-refractivity contribution in [2.24, 2.45) is 0 Å². The van der Waals surface area contributed by atoms with Gasteiger partial charge in [0.25, 0.3) is 0 Å². The molecule has 0 heterocycles. The fourth-order valence-electron chi connectivity index (χ4n) is 1.32. The van der Waals surface area contributed by atoms with Gasteiger partial charge in [0.2, 0.25) is 0 Å². The van der Waals surface area contributed by atoms with Gasteiger partial charge in [0.1, 0.15) is 0 Å². The number of hydrogen-bond acceptors (Lipinski definition) is 3. The molecule has 0 atom stereocenters. The highest BCUT2D eigenvalue weighted by Crippen LogP contribution is 2.16. The summed E-state index contributed by atoms with van der Waals surface area (Å²) in [5.74, 6) is 0. The predicted molar refractivity (Wildman–Crippen MR) is 60.9 cm³/mol. The molecule has 0 aliphatic rings. The number of methoxy groups -OCH3 is 1. The highest BCUT2D eigenvalue weighted by atomic mass is 16.5. The number of nitriles is 1. The van der Waals surface area contributed by atoms with Crippen LogP contribution in [0.1, 0.15) is 17.5 Å². The molecule has 0 bridgehead atoms. The molecule has 0 unspecified atom stereocenters. The Hall–Kier alpha value is -1.53. The number of anilines is 1. The van der Waals surface area contributed by atoms with Gasteiger partial charge in [-0.15, -0.1) is 0 Å². The van der Waals surface area contributed by atoms with Crippen LogP contribution in [0.2, 0.25) is 0 Å². The molecular formula is C12H16N2O. The summed E-state index contributed by atoms with van der Waals surface area (Å²) in [5, 5.41) is 12.1. The van der Waals surface area contributed by atoms with Gasteiger partial charge in [-0.25, -0.2) is 0 Å². The zero-order valence-electron chi connectivity index (χ0n) is 9.21. The molecule has 15 heavy (non-hydrogen) atoms. The van der Waals surface area contributed by atoms with E-state index in [2.05, 4.69) is 11.4 Å². The van der Waals surface area contributed by atoms with Gasteiger partial charge in [-0.2, -0.15) is 5.26 Å². The summed E-state index contributed by atoms with van der Waals surface area (Å²) in [6, 6.07) is 7.79. The minimum absolute atomic E-state index is 0.690. The smallest absolute Gasteiger partial charge is 0.0992 e. The van der Waals surface area contributed by atoms with Crippen molar-refractivity contribution in [2.75, 3.05) is 25.6 Å². The molecule has 0 saturated carbocycles. The van der Waals surface area contributed by atoms with Crippen LogP contribution in [0.25, 0.3) is 0 Å². The molecule has 0 spiro atoms. The largest absolute Gasteiger partial charge is 0.385 e. The molecule has 0 amide bonds. The van der Waals surface area contributed by atoms with Gasteiger partial charge in [0.05, 0.1) is 11.6 Å². The number of nitrogens with zero attached hydrogens (tertiary/aromatic N) is 1. The molecule has 0 aliphatic heterocycles. The van der Waals surface area contributed by atoms with Crippen molar-refractivity contribution >= 4 is 5.69 Å². The maximum atomic E-state index is 8.76. The summed E-state index contributed by atoms with van der Waals surface area (Å²) < 4.78 is 4.96. The van der Waals surface area contributed by atoms with E-state index in [0.29, 0.717) is 5.56 Å². The molecule has 0 saturated heterocycles. The van der Waals surface area contributed by atoms with Crippen LogP contribution >= 0.6 is 0 Å². The van der Waals surface area contributed by atoms with Crippen LogP contribution in [-0.4, -0.2) is 20.3 Å². The molecule has 80 valence electrons.